The van der Waals surface area contributed by atoms with Crippen LogP contribution in [0.3, 0.4) is 0 Å². The molecule has 0 saturated heterocycles. The van der Waals surface area contributed by atoms with E-state index in [1.807, 2.05) is 0 Å². The highest BCUT2D eigenvalue weighted by Crippen LogP contribution is 2.42. The lowest BCUT2D eigenvalue weighted by atomic mass is 9.74. The second-order valence-electron chi connectivity index (χ2n) is 9.15. The molecule has 0 atom stereocenters. The predicted octanol–water partition coefficient (Wildman–Crippen LogP) is 5.96. The van der Waals surface area contributed by atoms with Crippen molar-refractivity contribution in [3.05, 3.63) is 49.7 Å². The van der Waals surface area contributed by atoms with Gasteiger partial charge in [-0.25, -0.2) is 0 Å². The zero-order valence-electron chi connectivity index (χ0n) is 18.4. The summed E-state index contributed by atoms with van der Waals surface area (Å²) in [4.78, 5) is 3.31. The van der Waals surface area contributed by atoms with Crippen LogP contribution in [0.1, 0.15) is 71.2 Å². The van der Waals surface area contributed by atoms with Gasteiger partial charge < -0.3 is 10.5 Å². The molecule has 154 valence electrons. The topological polar surface area (TPSA) is 35.2 Å². The van der Waals surface area contributed by atoms with Crippen LogP contribution in [0.15, 0.2) is 12.1 Å². The minimum absolute atomic E-state index is 0.470. The second-order valence-corrected chi connectivity index (χ2v) is 10.3. The number of fused-ring (bicyclic) bond motifs is 1. The van der Waals surface area contributed by atoms with Gasteiger partial charge in [0.2, 0.25) is 0 Å². The Morgan fingerprint density at radius 3 is 2.43 bits per heavy atom. The molecule has 1 aliphatic carbocycles. The lowest BCUT2D eigenvalue weighted by molar-refractivity contribution is 0.315. The highest BCUT2D eigenvalue weighted by Gasteiger charge is 2.29. The first-order valence-electron chi connectivity index (χ1n) is 10.9. The van der Waals surface area contributed by atoms with Crippen LogP contribution in [0, 0.1) is 19.3 Å². The largest absolute Gasteiger partial charge is 0.492 e. The number of aryl methyl sites for hydroxylation is 5. The van der Waals surface area contributed by atoms with Crippen LogP contribution in [-0.2, 0) is 32.1 Å². The van der Waals surface area contributed by atoms with Crippen molar-refractivity contribution in [1.82, 2.24) is 0 Å². The molecule has 2 N–H and O–H groups in total. The molecule has 0 bridgehead atoms. The Morgan fingerprint density at radius 1 is 1.07 bits per heavy atom. The zero-order valence-corrected chi connectivity index (χ0v) is 19.2. The molecule has 2 nitrogen and oxygen atoms in total. The molecule has 1 aromatic carbocycles. The average molecular weight is 400 g/mol. The highest BCUT2D eigenvalue weighted by atomic mass is 32.1. The van der Waals surface area contributed by atoms with E-state index in [-0.39, 0.29) is 0 Å². The van der Waals surface area contributed by atoms with E-state index in [1.54, 1.807) is 20.9 Å². The molecule has 2 aromatic rings. The molecule has 1 aliphatic rings. The van der Waals surface area contributed by atoms with Crippen molar-refractivity contribution in [3.8, 4) is 5.75 Å². The first-order valence-corrected chi connectivity index (χ1v) is 11.7. The van der Waals surface area contributed by atoms with Gasteiger partial charge in [-0.1, -0.05) is 32.9 Å². The van der Waals surface area contributed by atoms with Gasteiger partial charge in [-0.15, -0.1) is 11.3 Å². The molecule has 3 heteroatoms. The Hall–Kier alpha value is -1.32. The number of benzene rings is 1. The summed E-state index contributed by atoms with van der Waals surface area (Å²) >= 11 is 2.10. The summed E-state index contributed by atoms with van der Waals surface area (Å²) in [5, 5.41) is 0. The molecule has 0 radical (unpaired) electrons. The van der Waals surface area contributed by atoms with Crippen LogP contribution in [0.2, 0.25) is 0 Å². The minimum Gasteiger partial charge on any atom is -0.492 e. The second kappa shape index (κ2) is 9.00. The summed E-state index contributed by atoms with van der Waals surface area (Å²) in [5.74, 6) is 1.01. The van der Waals surface area contributed by atoms with Crippen LogP contribution in [-0.4, -0.2) is 13.2 Å². The van der Waals surface area contributed by atoms with E-state index < -0.39 is 0 Å². The average Bonchev–Trinajstić information content (AvgIpc) is 2.97. The summed E-state index contributed by atoms with van der Waals surface area (Å²) in [5.41, 5.74) is 13.3. The molecule has 0 saturated carbocycles. The first kappa shape index (κ1) is 21.4. The fraction of sp³-hybridized carbons (Fsp3) is 0.600. The molecule has 1 heterocycles. The summed E-state index contributed by atoms with van der Waals surface area (Å²) < 4.78 is 5.82. The van der Waals surface area contributed by atoms with E-state index in [0.717, 1.165) is 12.2 Å². The maximum atomic E-state index is 5.82. The van der Waals surface area contributed by atoms with E-state index >= 15 is 0 Å². The molecule has 3 rings (SSSR count). The third kappa shape index (κ3) is 4.80. The Labute approximate surface area is 175 Å². The van der Waals surface area contributed by atoms with Crippen LogP contribution in [0.5, 0.6) is 5.75 Å². The normalized spacial score (nSPS) is 15.5. The number of hydrogen-bond acceptors (Lipinski definition) is 3. The molecule has 28 heavy (non-hydrogen) atoms. The Balaban J connectivity index is 1.67. The first-order chi connectivity index (χ1) is 13.3. The number of ether oxygens (including phenoxy) is 1. The van der Waals surface area contributed by atoms with E-state index in [2.05, 4.69) is 58.1 Å². The van der Waals surface area contributed by atoms with Crippen LogP contribution < -0.4 is 10.5 Å². The third-order valence-corrected chi connectivity index (χ3v) is 7.54. The number of hydrogen-bond donors (Lipinski definition) is 1. The number of rotatable bonds is 8. The van der Waals surface area contributed by atoms with Crippen molar-refractivity contribution < 1.29 is 4.74 Å². The fourth-order valence-corrected chi connectivity index (χ4v) is 6.00. The maximum Gasteiger partial charge on any atom is 0.125 e. The number of nitrogens with two attached hydrogens (primary N) is 1. The summed E-state index contributed by atoms with van der Waals surface area (Å²) in [7, 11) is 0. The van der Waals surface area contributed by atoms with Gasteiger partial charge in [-0.05, 0) is 92.0 Å². The minimum atomic E-state index is 0.470. The monoisotopic (exact) mass is 399 g/mol. The Morgan fingerprint density at radius 2 is 1.79 bits per heavy atom. The van der Waals surface area contributed by atoms with Crippen molar-refractivity contribution in [2.24, 2.45) is 11.1 Å². The van der Waals surface area contributed by atoms with Crippen molar-refractivity contribution in [1.29, 1.82) is 0 Å². The van der Waals surface area contributed by atoms with E-state index in [9.17, 15) is 0 Å². The van der Waals surface area contributed by atoms with Crippen LogP contribution in [0.25, 0.3) is 0 Å². The van der Waals surface area contributed by atoms with Gasteiger partial charge in [-0.3, -0.25) is 0 Å². The predicted molar refractivity (Wildman–Crippen MR) is 122 cm³/mol. The highest BCUT2D eigenvalue weighted by molar-refractivity contribution is 7.12. The SMILES string of the molecule is CCc1sc(CCCc2cc(C)c(OCCN)c(C)c2)c2c1CC(C)(C)CC2. The van der Waals surface area contributed by atoms with Gasteiger partial charge in [0, 0.05) is 16.3 Å². The summed E-state index contributed by atoms with van der Waals surface area (Å²) in [6, 6.07) is 4.59. The van der Waals surface area contributed by atoms with Gasteiger partial charge >= 0.3 is 0 Å². The fourth-order valence-electron chi connectivity index (χ4n) is 4.65. The lowest BCUT2D eigenvalue weighted by Gasteiger charge is -2.30. The molecule has 0 unspecified atom stereocenters. The van der Waals surface area contributed by atoms with Crippen molar-refractivity contribution in [2.75, 3.05) is 13.2 Å². The lowest BCUT2D eigenvalue weighted by Crippen LogP contribution is -2.22. The van der Waals surface area contributed by atoms with Crippen molar-refractivity contribution in [2.45, 2.75) is 79.6 Å². The van der Waals surface area contributed by atoms with Crippen molar-refractivity contribution in [3.63, 3.8) is 0 Å². The Bertz CT molecular complexity index is 795. The van der Waals surface area contributed by atoms with Crippen LogP contribution >= 0.6 is 11.3 Å². The van der Waals surface area contributed by atoms with E-state index in [4.69, 9.17) is 10.5 Å². The molecule has 0 amide bonds. The van der Waals surface area contributed by atoms with E-state index in [1.165, 1.54) is 55.2 Å². The molecular formula is C25H37NOS. The molecule has 1 aromatic heterocycles. The van der Waals surface area contributed by atoms with Gasteiger partial charge in [-0.2, -0.15) is 0 Å². The van der Waals surface area contributed by atoms with Gasteiger partial charge in [0.05, 0.1) is 0 Å². The quantitative estimate of drug-likeness (QED) is 0.595. The summed E-state index contributed by atoms with van der Waals surface area (Å²) in [6.45, 7) is 12.6. The summed E-state index contributed by atoms with van der Waals surface area (Å²) in [6.07, 6.45) is 8.64. The van der Waals surface area contributed by atoms with Crippen LogP contribution in [0.4, 0.5) is 0 Å². The number of thiophene rings is 1. The maximum absolute atomic E-state index is 5.82. The van der Waals surface area contributed by atoms with Crippen molar-refractivity contribution >= 4 is 11.3 Å². The Kier molecular flexibility index (Phi) is 6.88. The molecule has 0 fully saturated rings. The molecule has 0 aliphatic heterocycles. The van der Waals surface area contributed by atoms with Gasteiger partial charge in [0.15, 0.2) is 0 Å². The standard InChI is InChI=1S/C25H37NOS/c1-6-22-21-16-25(4,5)11-10-20(21)23(28-22)9-7-8-19-14-17(2)24(18(3)15-19)27-13-12-26/h14-15H,6-13,16,26H2,1-5H3. The zero-order chi connectivity index (χ0) is 20.3. The third-order valence-electron chi connectivity index (χ3n) is 6.07. The molecule has 0 spiro atoms. The van der Waals surface area contributed by atoms with E-state index in [0.29, 0.717) is 18.6 Å². The van der Waals surface area contributed by atoms with Gasteiger partial charge in [0.25, 0.3) is 0 Å². The smallest absolute Gasteiger partial charge is 0.125 e. The van der Waals surface area contributed by atoms with Gasteiger partial charge in [0.1, 0.15) is 12.4 Å². The molecular weight excluding hydrogens is 362 g/mol.